The van der Waals surface area contributed by atoms with Gasteiger partial charge >= 0.3 is 6.03 Å². The summed E-state index contributed by atoms with van der Waals surface area (Å²) >= 11 is 0. The first kappa shape index (κ1) is 19.0. The largest absolute Gasteiger partial charge is 0.367 e. The first-order valence-electron chi connectivity index (χ1n) is 9.83. The van der Waals surface area contributed by atoms with E-state index in [2.05, 4.69) is 69.1 Å². The topological polar surface area (TPSA) is 66.3 Å². The third kappa shape index (κ3) is 4.56. The molecule has 0 aliphatic carbocycles. The van der Waals surface area contributed by atoms with Gasteiger partial charge in [0.25, 0.3) is 0 Å². The molecule has 0 bridgehead atoms. The number of anilines is 1. The maximum Gasteiger partial charge on any atom is 0.317 e. The zero-order chi connectivity index (χ0) is 20.2. The predicted molar refractivity (Wildman–Crippen MR) is 112 cm³/mol. The van der Waals surface area contributed by atoms with Crippen LogP contribution in [0, 0.1) is 0 Å². The number of fused-ring (bicyclic) bond motifs is 1. The number of para-hydroxylation sites is 1. The van der Waals surface area contributed by atoms with Crippen molar-refractivity contribution in [1.82, 2.24) is 25.2 Å². The Morgan fingerprint density at radius 3 is 2.66 bits per heavy atom. The molecule has 0 saturated carbocycles. The van der Waals surface area contributed by atoms with Gasteiger partial charge in [-0.2, -0.15) is 0 Å². The van der Waals surface area contributed by atoms with Crippen LogP contribution in [0.1, 0.15) is 22.4 Å². The Bertz CT molecular complexity index is 981. The number of carbonyl (C=O) groups is 1. The van der Waals surface area contributed by atoms with E-state index < -0.39 is 0 Å². The van der Waals surface area contributed by atoms with Crippen molar-refractivity contribution in [2.45, 2.75) is 26.1 Å². The molecule has 2 amide bonds. The molecule has 2 aromatic carbocycles. The molecule has 29 heavy (non-hydrogen) atoms. The summed E-state index contributed by atoms with van der Waals surface area (Å²) in [5.41, 5.74) is 5.89. The third-order valence-corrected chi connectivity index (χ3v) is 5.22. The van der Waals surface area contributed by atoms with Gasteiger partial charge in [0.2, 0.25) is 0 Å². The fraction of sp³-hybridized carbons (Fsp3) is 0.318. The van der Waals surface area contributed by atoms with Crippen LogP contribution in [0.5, 0.6) is 0 Å². The summed E-state index contributed by atoms with van der Waals surface area (Å²) in [7, 11) is 3.56. The Morgan fingerprint density at radius 1 is 1.14 bits per heavy atom. The zero-order valence-electron chi connectivity index (χ0n) is 16.9. The van der Waals surface area contributed by atoms with Crippen LogP contribution in [0.4, 0.5) is 10.5 Å². The van der Waals surface area contributed by atoms with Crippen LogP contribution >= 0.6 is 0 Å². The van der Waals surface area contributed by atoms with E-state index in [1.54, 1.807) is 22.8 Å². The number of aryl methyl sites for hydroxylation is 1. The number of hydrogen-bond donors (Lipinski definition) is 1. The van der Waals surface area contributed by atoms with Crippen molar-refractivity contribution in [3.63, 3.8) is 0 Å². The second kappa shape index (κ2) is 8.34. The maximum absolute atomic E-state index is 12.3. The van der Waals surface area contributed by atoms with Crippen LogP contribution in [0.2, 0.25) is 0 Å². The minimum Gasteiger partial charge on any atom is -0.367 e. The second-order valence-corrected chi connectivity index (χ2v) is 7.52. The highest BCUT2D eigenvalue weighted by Gasteiger charge is 2.18. The van der Waals surface area contributed by atoms with Crippen molar-refractivity contribution >= 4 is 11.7 Å². The van der Waals surface area contributed by atoms with Gasteiger partial charge in [0, 0.05) is 45.6 Å². The lowest BCUT2D eigenvalue weighted by atomic mass is 10.1. The van der Waals surface area contributed by atoms with Gasteiger partial charge in [-0.1, -0.05) is 47.7 Å². The van der Waals surface area contributed by atoms with Crippen molar-refractivity contribution in [2.75, 3.05) is 18.5 Å². The van der Waals surface area contributed by atoms with E-state index in [4.69, 9.17) is 0 Å². The zero-order valence-corrected chi connectivity index (χ0v) is 16.9. The molecule has 4 rings (SSSR count). The maximum atomic E-state index is 12.3. The molecule has 7 heteroatoms. The molecule has 3 aromatic rings. The molecule has 1 aliphatic rings. The number of urea groups is 1. The number of nitrogens with one attached hydrogen (secondary N) is 1. The van der Waals surface area contributed by atoms with E-state index in [0.717, 1.165) is 30.8 Å². The predicted octanol–water partition coefficient (Wildman–Crippen LogP) is 2.72. The molecule has 0 unspecified atom stereocenters. The molecule has 0 spiro atoms. The highest BCUT2D eigenvalue weighted by atomic mass is 16.2. The molecule has 2 heterocycles. The summed E-state index contributed by atoms with van der Waals surface area (Å²) in [6, 6.07) is 16.9. The molecule has 1 N–H and O–H groups in total. The Balaban J connectivity index is 1.28. The van der Waals surface area contributed by atoms with E-state index in [9.17, 15) is 4.79 Å². The summed E-state index contributed by atoms with van der Waals surface area (Å²) in [5.74, 6) is 0. The van der Waals surface area contributed by atoms with Crippen molar-refractivity contribution in [3.8, 4) is 0 Å². The van der Waals surface area contributed by atoms with Gasteiger partial charge < -0.3 is 15.1 Å². The Kier molecular flexibility index (Phi) is 5.46. The fourth-order valence-electron chi connectivity index (χ4n) is 3.65. The van der Waals surface area contributed by atoms with Crippen molar-refractivity contribution in [3.05, 3.63) is 77.1 Å². The number of hydrogen-bond acceptors (Lipinski definition) is 4. The first-order valence-corrected chi connectivity index (χ1v) is 9.83. The number of nitrogens with zero attached hydrogens (tertiary/aromatic N) is 5. The van der Waals surface area contributed by atoms with Gasteiger partial charge in [-0.25, -0.2) is 4.79 Å². The normalized spacial score (nSPS) is 12.7. The SMILES string of the molecule is CN(Cc1cn(C)nn1)C(=O)NCc1ccc(CN2CCc3ccccc32)cc1. The molecule has 1 aromatic heterocycles. The Morgan fingerprint density at radius 2 is 1.90 bits per heavy atom. The van der Waals surface area contributed by atoms with Gasteiger partial charge in [0.1, 0.15) is 5.69 Å². The lowest BCUT2D eigenvalue weighted by Gasteiger charge is -2.20. The molecule has 0 atom stereocenters. The number of rotatable bonds is 6. The second-order valence-electron chi connectivity index (χ2n) is 7.52. The molecule has 0 radical (unpaired) electrons. The summed E-state index contributed by atoms with van der Waals surface area (Å²) in [6.07, 6.45) is 2.92. The fourth-order valence-corrected chi connectivity index (χ4v) is 3.65. The van der Waals surface area contributed by atoms with Crippen LogP contribution in [-0.4, -0.2) is 39.5 Å². The van der Waals surface area contributed by atoms with Gasteiger partial charge in [-0.05, 0) is 29.2 Å². The van der Waals surface area contributed by atoms with E-state index in [0.29, 0.717) is 13.1 Å². The first-order chi connectivity index (χ1) is 14.1. The average Bonchev–Trinajstić information content (AvgIpc) is 3.33. The van der Waals surface area contributed by atoms with Crippen molar-refractivity contribution in [1.29, 1.82) is 0 Å². The molecular formula is C22H26N6O. The van der Waals surface area contributed by atoms with E-state index in [1.807, 2.05) is 7.05 Å². The standard InChI is InChI=1S/C22H26N6O/c1-26(15-20-16-27(2)25-24-20)22(29)23-13-17-7-9-18(10-8-17)14-28-12-11-19-5-3-4-6-21(19)28/h3-10,16H,11-15H2,1-2H3,(H,23,29). The van der Waals surface area contributed by atoms with Crippen molar-refractivity contribution < 1.29 is 4.79 Å². The molecule has 0 saturated heterocycles. The van der Waals surface area contributed by atoms with E-state index in [1.165, 1.54) is 16.8 Å². The quantitative estimate of drug-likeness (QED) is 0.703. The Hall–Kier alpha value is -3.35. The molecule has 150 valence electrons. The molecule has 7 nitrogen and oxygen atoms in total. The van der Waals surface area contributed by atoms with Crippen LogP contribution in [0.25, 0.3) is 0 Å². The van der Waals surface area contributed by atoms with E-state index in [-0.39, 0.29) is 6.03 Å². The van der Waals surface area contributed by atoms with Crippen molar-refractivity contribution in [2.24, 2.45) is 7.05 Å². The lowest BCUT2D eigenvalue weighted by Crippen LogP contribution is -2.36. The van der Waals surface area contributed by atoms with Gasteiger partial charge in [-0.15, -0.1) is 5.10 Å². The number of carbonyl (C=O) groups excluding carboxylic acids is 1. The molecular weight excluding hydrogens is 364 g/mol. The highest BCUT2D eigenvalue weighted by Crippen LogP contribution is 2.28. The van der Waals surface area contributed by atoms with Crippen LogP contribution in [0.3, 0.4) is 0 Å². The number of amides is 2. The van der Waals surface area contributed by atoms with Crippen LogP contribution in [0.15, 0.2) is 54.7 Å². The van der Waals surface area contributed by atoms with Gasteiger partial charge in [0.15, 0.2) is 0 Å². The van der Waals surface area contributed by atoms with Gasteiger partial charge in [-0.3, -0.25) is 4.68 Å². The minimum atomic E-state index is -0.131. The molecule has 1 aliphatic heterocycles. The number of benzene rings is 2. The molecule has 0 fully saturated rings. The summed E-state index contributed by atoms with van der Waals surface area (Å²) < 4.78 is 1.63. The number of aromatic nitrogens is 3. The smallest absolute Gasteiger partial charge is 0.317 e. The van der Waals surface area contributed by atoms with Crippen LogP contribution in [-0.2, 0) is 33.1 Å². The summed E-state index contributed by atoms with van der Waals surface area (Å²) in [5, 5.41) is 10.8. The van der Waals surface area contributed by atoms with Gasteiger partial charge in [0.05, 0.1) is 6.54 Å². The summed E-state index contributed by atoms with van der Waals surface area (Å²) in [4.78, 5) is 16.3. The van der Waals surface area contributed by atoms with Crippen LogP contribution < -0.4 is 10.2 Å². The average molecular weight is 390 g/mol. The Labute approximate surface area is 170 Å². The third-order valence-electron chi connectivity index (χ3n) is 5.22. The summed E-state index contributed by atoms with van der Waals surface area (Å²) in [6.45, 7) is 2.90. The van der Waals surface area contributed by atoms with E-state index >= 15 is 0 Å². The highest BCUT2D eigenvalue weighted by molar-refractivity contribution is 5.73. The minimum absolute atomic E-state index is 0.131. The lowest BCUT2D eigenvalue weighted by molar-refractivity contribution is 0.206. The monoisotopic (exact) mass is 390 g/mol.